The van der Waals surface area contributed by atoms with Crippen molar-refractivity contribution in [3.8, 4) is 11.5 Å². The number of alkyl halides is 1. The van der Waals surface area contributed by atoms with Gasteiger partial charge >= 0.3 is 0 Å². The lowest BCUT2D eigenvalue weighted by atomic mass is 9.98. The number of aryl methyl sites for hydroxylation is 2. The Morgan fingerprint density at radius 3 is 2.30 bits per heavy atom. The molecule has 0 spiro atoms. The van der Waals surface area contributed by atoms with Crippen molar-refractivity contribution in [2.45, 2.75) is 32.2 Å². The van der Waals surface area contributed by atoms with E-state index in [0.29, 0.717) is 23.7 Å². The SMILES string of the molecule is CF.CNC1=C2CC2(NC(=O)COc2ccc(Cl)cc2)C1.Cc1cc(OCC=O)cc(C)n1. The number of carbonyl (C=O) groups is 2. The number of pyridine rings is 1. The van der Waals surface area contributed by atoms with Gasteiger partial charge in [-0.3, -0.25) is 19.0 Å². The molecule has 178 valence electrons. The predicted octanol–water partition coefficient (Wildman–Crippen LogP) is 3.72. The normalized spacial score (nSPS) is 17.0. The lowest BCUT2D eigenvalue weighted by Gasteiger charge is -2.26. The average Bonchev–Trinajstić information content (AvgIpc) is 3.36. The number of rotatable bonds is 8. The molecule has 1 aromatic carbocycles. The van der Waals surface area contributed by atoms with E-state index in [2.05, 4.69) is 15.6 Å². The molecule has 1 unspecified atom stereocenters. The van der Waals surface area contributed by atoms with Crippen molar-refractivity contribution in [1.82, 2.24) is 15.6 Å². The highest BCUT2D eigenvalue weighted by atomic mass is 35.5. The molecule has 33 heavy (non-hydrogen) atoms. The number of hydrogen-bond acceptors (Lipinski definition) is 6. The van der Waals surface area contributed by atoms with Crippen LogP contribution in [0.3, 0.4) is 0 Å². The first kappa shape index (κ1) is 26.1. The number of ether oxygens (including phenoxy) is 2. The van der Waals surface area contributed by atoms with E-state index < -0.39 is 0 Å². The fraction of sp³-hybridized carbons (Fsp3) is 0.375. The largest absolute Gasteiger partial charge is 0.486 e. The van der Waals surface area contributed by atoms with E-state index in [1.54, 1.807) is 36.4 Å². The smallest absolute Gasteiger partial charge is 0.258 e. The first-order valence-corrected chi connectivity index (χ1v) is 10.7. The van der Waals surface area contributed by atoms with Crippen molar-refractivity contribution < 1.29 is 23.5 Å². The van der Waals surface area contributed by atoms with Gasteiger partial charge in [-0.05, 0) is 43.7 Å². The van der Waals surface area contributed by atoms with Crippen LogP contribution in [0.25, 0.3) is 0 Å². The Hall–Kier alpha value is -3.13. The number of amides is 1. The van der Waals surface area contributed by atoms with Gasteiger partial charge in [0, 0.05) is 54.1 Å². The number of aromatic nitrogens is 1. The Labute approximate surface area is 198 Å². The summed E-state index contributed by atoms with van der Waals surface area (Å²) < 4.78 is 20.0. The van der Waals surface area contributed by atoms with Crippen molar-refractivity contribution in [3.05, 3.63) is 64.1 Å². The number of aldehydes is 1. The summed E-state index contributed by atoms with van der Waals surface area (Å²) in [5.74, 6) is 1.26. The van der Waals surface area contributed by atoms with E-state index in [1.807, 2.05) is 20.9 Å². The molecule has 0 saturated heterocycles. The van der Waals surface area contributed by atoms with Crippen LogP contribution in [0.4, 0.5) is 4.39 Å². The van der Waals surface area contributed by atoms with Crippen LogP contribution in [0.5, 0.6) is 11.5 Å². The highest BCUT2D eigenvalue weighted by Gasteiger charge is 2.59. The van der Waals surface area contributed by atoms with Crippen LogP contribution in [0.2, 0.25) is 5.02 Å². The van der Waals surface area contributed by atoms with Gasteiger partial charge in [0.25, 0.3) is 5.91 Å². The minimum atomic E-state index is -0.0832. The average molecular weight is 478 g/mol. The van der Waals surface area contributed by atoms with Gasteiger partial charge in [0.15, 0.2) is 12.9 Å². The second-order valence-corrected chi connectivity index (χ2v) is 7.93. The lowest BCUT2D eigenvalue weighted by Crippen LogP contribution is -2.44. The van der Waals surface area contributed by atoms with E-state index in [-0.39, 0.29) is 24.7 Å². The molecule has 2 aliphatic carbocycles. The maximum Gasteiger partial charge on any atom is 0.258 e. The van der Waals surface area contributed by atoms with Crippen LogP contribution < -0.4 is 20.1 Å². The van der Waals surface area contributed by atoms with Crippen LogP contribution in [0.1, 0.15) is 24.2 Å². The number of hydrogen-bond donors (Lipinski definition) is 2. The second kappa shape index (κ2) is 12.2. The zero-order valence-electron chi connectivity index (χ0n) is 19.2. The zero-order valence-corrected chi connectivity index (χ0v) is 20.0. The third-order valence-corrected chi connectivity index (χ3v) is 5.26. The number of nitrogens with one attached hydrogen (secondary N) is 2. The summed E-state index contributed by atoms with van der Waals surface area (Å²) in [6, 6.07) is 10.6. The molecule has 0 bridgehead atoms. The maximum absolute atomic E-state index is 11.8. The van der Waals surface area contributed by atoms with E-state index in [9.17, 15) is 14.0 Å². The van der Waals surface area contributed by atoms with Crippen LogP contribution in [0, 0.1) is 13.8 Å². The Morgan fingerprint density at radius 2 is 1.76 bits per heavy atom. The van der Waals surface area contributed by atoms with Gasteiger partial charge in [-0.25, -0.2) is 0 Å². The monoisotopic (exact) mass is 477 g/mol. The molecule has 0 radical (unpaired) electrons. The summed E-state index contributed by atoms with van der Waals surface area (Å²) in [5.41, 5.74) is 4.33. The summed E-state index contributed by atoms with van der Waals surface area (Å²) in [4.78, 5) is 26.0. The molecule has 1 amide bonds. The minimum Gasteiger partial charge on any atom is -0.486 e. The molecular formula is C24H29ClFN3O4. The molecule has 7 nitrogen and oxygen atoms in total. The molecule has 1 saturated carbocycles. The second-order valence-electron chi connectivity index (χ2n) is 7.50. The quantitative estimate of drug-likeness (QED) is 0.563. The Morgan fingerprint density at radius 1 is 1.12 bits per heavy atom. The molecule has 2 aliphatic rings. The van der Waals surface area contributed by atoms with Crippen molar-refractivity contribution in [2.75, 3.05) is 27.4 Å². The summed E-state index contributed by atoms with van der Waals surface area (Å²) in [6.07, 6.45) is 2.60. The van der Waals surface area contributed by atoms with Gasteiger partial charge in [0.2, 0.25) is 0 Å². The standard InChI is InChI=1S/C14H15ClN2O2.C9H11NO2.CH3F/c1-16-12-7-14(6-11(12)14)17-13(18)8-19-10-4-2-9(15)3-5-10;1-7-5-9(12-4-3-11)6-8(2)10-7;1-2/h2-5,16H,6-8H2,1H3,(H,17,18);3,5-6H,4H2,1-2H3;1H3. The predicted molar refractivity (Wildman–Crippen MR) is 125 cm³/mol. The van der Waals surface area contributed by atoms with Crippen LogP contribution >= 0.6 is 11.6 Å². The Kier molecular flexibility index (Phi) is 9.66. The van der Waals surface area contributed by atoms with Crippen LogP contribution in [-0.4, -0.2) is 50.2 Å². The molecule has 2 N–H and O–H groups in total. The number of halogens is 2. The Bertz CT molecular complexity index is 977. The molecule has 1 heterocycles. The summed E-state index contributed by atoms with van der Waals surface area (Å²) in [5, 5.41) is 6.81. The van der Waals surface area contributed by atoms with Crippen molar-refractivity contribution >= 4 is 23.8 Å². The molecule has 2 aromatic rings. The van der Waals surface area contributed by atoms with Gasteiger partial charge in [-0.15, -0.1) is 0 Å². The van der Waals surface area contributed by atoms with E-state index in [1.165, 1.54) is 11.3 Å². The lowest BCUT2D eigenvalue weighted by molar-refractivity contribution is -0.124. The number of nitrogens with zero attached hydrogens (tertiary/aromatic N) is 1. The maximum atomic E-state index is 11.8. The Balaban J connectivity index is 0.000000238. The zero-order chi connectivity index (χ0) is 24.4. The first-order chi connectivity index (χ1) is 15.8. The minimum absolute atomic E-state index is 0.0333. The molecule has 1 fully saturated rings. The fourth-order valence-electron chi connectivity index (χ4n) is 3.52. The van der Waals surface area contributed by atoms with Gasteiger partial charge < -0.3 is 20.1 Å². The number of fused-ring (bicyclic) bond motifs is 1. The van der Waals surface area contributed by atoms with E-state index >= 15 is 0 Å². The van der Waals surface area contributed by atoms with Crippen LogP contribution in [0.15, 0.2) is 47.7 Å². The summed E-state index contributed by atoms with van der Waals surface area (Å²) in [7, 11) is 2.41. The molecule has 4 rings (SSSR count). The molecule has 0 aliphatic heterocycles. The number of carbonyl (C=O) groups excluding carboxylic acids is 2. The topological polar surface area (TPSA) is 89.5 Å². The third-order valence-electron chi connectivity index (χ3n) is 5.01. The molecule has 1 aromatic heterocycles. The molecular weight excluding hydrogens is 449 g/mol. The van der Waals surface area contributed by atoms with Crippen molar-refractivity contribution in [1.29, 1.82) is 0 Å². The van der Waals surface area contributed by atoms with Crippen LogP contribution in [-0.2, 0) is 9.59 Å². The van der Waals surface area contributed by atoms with Crippen molar-refractivity contribution in [3.63, 3.8) is 0 Å². The van der Waals surface area contributed by atoms with E-state index in [4.69, 9.17) is 21.1 Å². The summed E-state index contributed by atoms with van der Waals surface area (Å²) in [6.45, 7) is 3.91. The first-order valence-electron chi connectivity index (χ1n) is 10.3. The highest BCUT2D eigenvalue weighted by Crippen LogP contribution is 2.57. The highest BCUT2D eigenvalue weighted by molar-refractivity contribution is 6.30. The van der Waals surface area contributed by atoms with E-state index in [0.717, 1.165) is 30.5 Å². The summed E-state index contributed by atoms with van der Waals surface area (Å²) >= 11 is 5.77. The third kappa shape index (κ3) is 7.46. The van der Waals surface area contributed by atoms with Crippen molar-refractivity contribution in [2.24, 2.45) is 0 Å². The molecule has 1 atom stereocenters. The van der Waals surface area contributed by atoms with Gasteiger partial charge in [-0.1, -0.05) is 11.6 Å². The molecule has 9 heteroatoms. The fourth-order valence-corrected chi connectivity index (χ4v) is 3.65. The number of benzene rings is 1. The van der Waals surface area contributed by atoms with Gasteiger partial charge in [-0.2, -0.15) is 0 Å². The van der Waals surface area contributed by atoms with Gasteiger partial charge in [0.1, 0.15) is 18.1 Å². The van der Waals surface area contributed by atoms with Gasteiger partial charge in [0.05, 0.1) is 12.7 Å².